The lowest BCUT2D eigenvalue weighted by atomic mass is 9.85. The molecule has 3 aromatic heterocycles. The fourth-order valence-electron chi connectivity index (χ4n) is 15.2. The van der Waals surface area contributed by atoms with E-state index in [9.17, 15) is 0 Å². The molecule has 462 valence electrons. The van der Waals surface area contributed by atoms with Crippen LogP contribution in [0, 0.1) is 0 Å². The van der Waals surface area contributed by atoms with Crippen molar-refractivity contribution in [2.24, 2.45) is 0 Å². The highest BCUT2D eigenvalue weighted by Crippen LogP contribution is 2.39. The van der Waals surface area contributed by atoms with Gasteiger partial charge in [-0.05, 0) is 122 Å². The Labute approximate surface area is 565 Å². The summed E-state index contributed by atoms with van der Waals surface area (Å²) in [6.07, 6.45) is 0. The van der Waals surface area contributed by atoms with Crippen molar-refractivity contribution in [2.75, 3.05) is 0 Å². The van der Waals surface area contributed by atoms with Gasteiger partial charge in [-0.2, -0.15) is 4.98 Å². The van der Waals surface area contributed by atoms with Gasteiger partial charge in [0.15, 0.2) is 16.1 Å². The van der Waals surface area contributed by atoms with Crippen LogP contribution < -0.4 is 41.5 Å². The highest BCUT2D eigenvalue weighted by Gasteiger charge is 2.46. The molecule has 0 saturated heterocycles. The van der Waals surface area contributed by atoms with Gasteiger partial charge in [0.05, 0.1) is 27.8 Å². The van der Waals surface area contributed by atoms with Crippen LogP contribution in [0.5, 0.6) is 0 Å². The van der Waals surface area contributed by atoms with Crippen LogP contribution in [0.2, 0.25) is 0 Å². The first-order valence-corrected chi connectivity index (χ1v) is 37.5. The molecule has 3 heterocycles. The van der Waals surface area contributed by atoms with Crippen LogP contribution in [0.3, 0.4) is 0 Å². The number of hydrogen-bond donors (Lipinski definition) is 0. The Morgan fingerprint density at radius 2 is 0.573 bits per heavy atom. The quantitative estimate of drug-likeness (QED) is 0.0852. The Bertz CT molecular complexity index is 5140. The van der Waals surface area contributed by atoms with Gasteiger partial charge in [-0.15, -0.1) is 0 Å². The molecule has 0 aliphatic heterocycles. The third-order valence-electron chi connectivity index (χ3n) is 19.9. The van der Waals surface area contributed by atoms with E-state index in [1.54, 1.807) is 0 Å². The van der Waals surface area contributed by atoms with E-state index in [-0.39, 0.29) is 10.8 Å². The number of benzene rings is 13. The molecule has 6 heteroatoms. The molecule has 0 amide bonds. The summed E-state index contributed by atoms with van der Waals surface area (Å²) in [5.41, 5.74) is 13.2. The molecule has 13 aromatic carbocycles. The predicted octanol–water partition coefficient (Wildman–Crippen LogP) is 17.0. The van der Waals surface area contributed by atoms with Crippen LogP contribution in [0.25, 0.3) is 88.9 Å². The molecule has 0 aliphatic carbocycles. The molecule has 0 aliphatic rings. The SMILES string of the molecule is CC(C)(C)c1ccc2c(c1)c1cc(C(C)(C)C)ccc1n2-c1cc(-c2cc([Si](c3ccccc3)(c3ccccc3)c3cccc(-c4ccccc4)c3)cc([Si](c3ccccc3)(c3ccccc3)c3cccc(-c4ccccc4)c3)c2)nc(-n2c3ccccc3c3ccccc32)n1. The molecule has 0 N–H and O–H groups in total. The fraction of sp³-hybridized carbons (Fsp3) is 0.0889. The minimum Gasteiger partial charge on any atom is -0.294 e. The topological polar surface area (TPSA) is 35.6 Å². The van der Waals surface area contributed by atoms with Crippen molar-refractivity contribution in [1.82, 2.24) is 19.1 Å². The van der Waals surface area contributed by atoms with Crippen molar-refractivity contribution in [3.8, 4) is 45.3 Å². The normalized spacial score (nSPS) is 12.3. The zero-order valence-corrected chi connectivity index (χ0v) is 57.1. The average molecular weight is 1270 g/mol. The molecule has 16 rings (SSSR count). The zero-order valence-electron chi connectivity index (χ0n) is 55.1. The summed E-state index contributed by atoms with van der Waals surface area (Å²) < 4.78 is 4.72. The number of rotatable bonds is 13. The van der Waals surface area contributed by atoms with Gasteiger partial charge in [0, 0.05) is 33.2 Å². The molecule has 0 spiro atoms. The lowest BCUT2D eigenvalue weighted by Gasteiger charge is -2.38. The minimum absolute atomic E-state index is 0.0828. The smallest absolute Gasteiger partial charge is 0.237 e. The van der Waals surface area contributed by atoms with Gasteiger partial charge in [-0.3, -0.25) is 9.13 Å². The van der Waals surface area contributed by atoms with Gasteiger partial charge in [-0.25, -0.2) is 4.98 Å². The second kappa shape index (κ2) is 24.1. The molecule has 0 atom stereocenters. The largest absolute Gasteiger partial charge is 0.294 e. The van der Waals surface area contributed by atoms with Crippen LogP contribution in [0.15, 0.2) is 340 Å². The first-order chi connectivity index (χ1) is 46.8. The minimum atomic E-state index is -3.46. The molecular weight excluding hydrogens is 1190 g/mol. The maximum Gasteiger partial charge on any atom is 0.237 e. The van der Waals surface area contributed by atoms with Crippen LogP contribution in [0.1, 0.15) is 52.7 Å². The first-order valence-electron chi connectivity index (χ1n) is 33.5. The second-order valence-corrected chi connectivity index (χ2v) is 35.4. The number of hydrogen-bond acceptors (Lipinski definition) is 2. The molecule has 16 aromatic rings. The molecule has 0 fully saturated rings. The number of nitrogens with zero attached hydrogens (tertiary/aromatic N) is 4. The number of para-hydroxylation sites is 2. The van der Waals surface area contributed by atoms with E-state index < -0.39 is 16.1 Å². The van der Waals surface area contributed by atoms with Gasteiger partial charge in [0.2, 0.25) is 5.95 Å². The van der Waals surface area contributed by atoms with Crippen molar-refractivity contribution in [3.63, 3.8) is 0 Å². The maximum atomic E-state index is 6.07. The maximum absolute atomic E-state index is 6.07. The van der Waals surface area contributed by atoms with Gasteiger partial charge >= 0.3 is 0 Å². The van der Waals surface area contributed by atoms with Crippen LogP contribution in [0.4, 0.5) is 0 Å². The third-order valence-corrected chi connectivity index (χ3v) is 29.4. The third kappa shape index (κ3) is 10.3. The predicted molar refractivity (Wildman–Crippen MR) is 412 cm³/mol. The molecule has 0 bridgehead atoms. The van der Waals surface area contributed by atoms with E-state index in [0.717, 1.165) is 49.9 Å². The molecule has 96 heavy (non-hydrogen) atoms. The number of fused-ring (bicyclic) bond motifs is 6. The standard InChI is InChI=1S/C90H74N4Si2/c1-89(2,3)68-51-53-85-80(59-68)81-60-69(90(4,5)6)52-54-86(81)93(85)87-62-82(91-88(92-87)94-83-49-27-25-47-78(83)79-48-26-28-50-84(79)94)67-57-76(95(70-37-17-9-18-38-70,71-39-19-10-20-40-71)74-45-29-35-65(55-74)63-31-13-7-14-32-63)61-77(58-67)96(72-41-21-11-22-42-72,73-43-23-12-24-44-73)75-46-30-36-66(56-75)64-33-15-8-16-34-64/h7-62H,1-6H3. The van der Waals surface area contributed by atoms with Gasteiger partial charge in [0.1, 0.15) is 5.82 Å². The van der Waals surface area contributed by atoms with Gasteiger partial charge in [-0.1, -0.05) is 339 Å². The van der Waals surface area contributed by atoms with Crippen molar-refractivity contribution in [1.29, 1.82) is 0 Å². The lowest BCUT2D eigenvalue weighted by molar-refractivity contribution is 0.590. The summed E-state index contributed by atoms with van der Waals surface area (Å²) in [5.74, 6) is 1.38. The average Bonchev–Trinajstić information content (AvgIpc) is 1.47. The summed E-state index contributed by atoms with van der Waals surface area (Å²) in [6.45, 7) is 13.9. The summed E-state index contributed by atoms with van der Waals surface area (Å²) in [7, 11) is -6.91. The van der Waals surface area contributed by atoms with E-state index >= 15 is 0 Å². The Morgan fingerprint density at radius 1 is 0.240 bits per heavy atom. The lowest BCUT2D eigenvalue weighted by Crippen LogP contribution is -2.78. The molecule has 0 unspecified atom stereocenters. The van der Waals surface area contributed by atoms with Crippen LogP contribution in [-0.4, -0.2) is 35.2 Å². The fourth-order valence-corrected chi connectivity index (χ4v) is 25.1. The van der Waals surface area contributed by atoms with E-state index in [1.165, 1.54) is 85.6 Å². The molecule has 0 radical (unpaired) electrons. The number of aromatic nitrogens is 4. The van der Waals surface area contributed by atoms with Crippen molar-refractivity contribution >= 4 is 101 Å². The van der Waals surface area contributed by atoms with Crippen molar-refractivity contribution < 1.29 is 0 Å². The van der Waals surface area contributed by atoms with E-state index in [4.69, 9.17) is 9.97 Å². The summed E-state index contributed by atoms with van der Waals surface area (Å²) in [4.78, 5) is 12.0. The van der Waals surface area contributed by atoms with Crippen LogP contribution in [-0.2, 0) is 10.8 Å². The van der Waals surface area contributed by atoms with Gasteiger partial charge in [0.25, 0.3) is 0 Å². The zero-order chi connectivity index (χ0) is 65.2. The van der Waals surface area contributed by atoms with E-state index in [2.05, 4.69) is 390 Å². The molecule has 0 saturated carbocycles. The highest BCUT2D eigenvalue weighted by molar-refractivity contribution is 7.22. The van der Waals surface area contributed by atoms with E-state index in [0.29, 0.717) is 5.95 Å². The van der Waals surface area contributed by atoms with Gasteiger partial charge < -0.3 is 0 Å². The summed E-state index contributed by atoms with van der Waals surface area (Å²) in [6, 6.07) is 128. The van der Waals surface area contributed by atoms with E-state index in [1.807, 2.05) is 0 Å². The Kier molecular flexibility index (Phi) is 15.0. The Morgan fingerprint density at radius 3 is 0.969 bits per heavy atom. The Hall–Kier alpha value is -11.0. The first kappa shape index (κ1) is 60.0. The van der Waals surface area contributed by atoms with Crippen LogP contribution >= 0.6 is 0 Å². The molecular formula is C90H74N4Si2. The highest BCUT2D eigenvalue weighted by atomic mass is 28.3. The van der Waals surface area contributed by atoms with Crippen molar-refractivity contribution in [3.05, 3.63) is 351 Å². The monoisotopic (exact) mass is 1270 g/mol. The summed E-state index contributed by atoms with van der Waals surface area (Å²) in [5, 5.41) is 14.9. The second-order valence-electron chi connectivity index (χ2n) is 27.7. The Balaban J connectivity index is 1.10. The summed E-state index contributed by atoms with van der Waals surface area (Å²) >= 11 is 0. The molecule has 4 nitrogen and oxygen atoms in total. The van der Waals surface area contributed by atoms with Crippen molar-refractivity contribution in [2.45, 2.75) is 52.4 Å².